The Morgan fingerprint density at radius 1 is 1.12 bits per heavy atom. The molecule has 1 aromatic carbocycles. The zero-order valence-electron chi connectivity index (χ0n) is 13.7. The Morgan fingerprint density at radius 2 is 1.92 bits per heavy atom. The maximum atomic E-state index is 12.5. The Balaban J connectivity index is 1.70. The topological polar surface area (TPSA) is 66.9 Å². The first-order valence-corrected chi connectivity index (χ1v) is 8.16. The average Bonchev–Trinajstić information content (AvgIpc) is 2.65. The Labute approximate surface area is 151 Å². The van der Waals surface area contributed by atoms with Crippen LogP contribution in [-0.4, -0.2) is 15.9 Å². The van der Waals surface area contributed by atoms with E-state index in [0.29, 0.717) is 22.9 Å². The van der Waals surface area contributed by atoms with Gasteiger partial charge in [0.05, 0.1) is 0 Å². The molecule has 5 nitrogen and oxygen atoms in total. The molecule has 2 heterocycles. The van der Waals surface area contributed by atoms with Crippen molar-refractivity contribution in [1.29, 1.82) is 0 Å². The van der Waals surface area contributed by atoms with Gasteiger partial charge in [-0.2, -0.15) is 0 Å². The van der Waals surface area contributed by atoms with Crippen LogP contribution in [0.15, 0.2) is 61.1 Å². The molecule has 0 aliphatic rings. The third-order valence-electron chi connectivity index (χ3n) is 3.75. The van der Waals surface area contributed by atoms with Crippen molar-refractivity contribution in [2.24, 2.45) is 0 Å². The normalized spacial score (nSPS) is 10.3. The summed E-state index contributed by atoms with van der Waals surface area (Å²) >= 11 is 6.09. The van der Waals surface area contributed by atoms with Crippen LogP contribution in [0.5, 0.6) is 0 Å². The summed E-state index contributed by atoms with van der Waals surface area (Å²) < 4.78 is 0. The summed E-state index contributed by atoms with van der Waals surface area (Å²) in [7, 11) is 0. The Bertz CT molecular complexity index is 884. The van der Waals surface area contributed by atoms with Crippen molar-refractivity contribution in [3.05, 3.63) is 82.9 Å². The highest BCUT2D eigenvalue weighted by Crippen LogP contribution is 2.23. The standard InChI is InChI=1S/C19H17ClN4O/c1-13-16(20)3-2-4-17(13)24-19(25)18-11-15(7-10-22-18)23-12-14-5-8-21-9-6-14/h2-11H,12H2,1H3,(H,22,23)(H,24,25). The molecule has 3 aromatic rings. The third kappa shape index (κ3) is 4.33. The van der Waals surface area contributed by atoms with Crippen LogP contribution in [-0.2, 0) is 6.54 Å². The van der Waals surface area contributed by atoms with Crippen LogP contribution >= 0.6 is 11.6 Å². The molecule has 2 N–H and O–H groups in total. The summed E-state index contributed by atoms with van der Waals surface area (Å²) in [6.07, 6.45) is 5.10. The van der Waals surface area contributed by atoms with E-state index >= 15 is 0 Å². The minimum absolute atomic E-state index is 0.280. The zero-order valence-corrected chi connectivity index (χ0v) is 14.4. The number of anilines is 2. The summed E-state index contributed by atoms with van der Waals surface area (Å²) in [5.41, 5.74) is 3.75. The minimum Gasteiger partial charge on any atom is -0.381 e. The number of rotatable bonds is 5. The van der Waals surface area contributed by atoms with Gasteiger partial charge in [-0.05, 0) is 54.4 Å². The first-order chi connectivity index (χ1) is 12.1. The molecule has 0 aliphatic heterocycles. The second-order valence-corrected chi connectivity index (χ2v) is 5.91. The summed E-state index contributed by atoms with van der Waals surface area (Å²) in [5, 5.41) is 6.73. The first kappa shape index (κ1) is 16.9. The second kappa shape index (κ2) is 7.77. The fourth-order valence-electron chi connectivity index (χ4n) is 2.30. The molecule has 0 fully saturated rings. The average molecular weight is 353 g/mol. The summed E-state index contributed by atoms with van der Waals surface area (Å²) in [6, 6.07) is 12.8. The fraction of sp³-hybridized carbons (Fsp3) is 0.105. The molecule has 0 bridgehead atoms. The SMILES string of the molecule is Cc1c(Cl)cccc1NC(=O)c1cc(NCc2ccncc2)ccn1. The van der Waals surface area contributed by atoms with E-state index in [-0.39, 0.29) is 5.91 Å². The minimum atomic E-state index is -0.280. The van der Waals surface area contributed by atoms with Crippen LogP contribution in [0.3, 0.4) is 0 Å². The van der Waals surface area contributed by atoms with E-state index in [9.17, 15) is 4.79 Å². The molecule has 0 unspecified atom stereocenters. The predicted octanol–water partition coefficient (Wildman–Crippen LogP) is 4.30. The highest BCUT2D eigenvalue weighted by molar-refractivity contribution is 6.31. The molecule has 0 spiro atoms. The van der Waals surface area contributed by atoms with Crippen LogP contribution in [0.1, 0.15) is 21.6 Å². The van der Waals surface area contributed by atoms with E-state index in [0.717, 1.165) is 16.8 Å². The first-order valence-electron chi connectivity index (χ1n) is 7.79. The van der Waals surface area contributed by atoms with E-state index in [1.807, 2.05) is 31.2 Å². The molecule has 0 saturated heterocycles. The Morgan fingerprint density at radius 3 is 2.72 bits per heavy atom. The molecule has 1 amide bonds. The van der Waals surface area contributed by atoms with Gasteiger partial charge in [-0.1, -0.05) is 17.7 Å². The van der Waals surface area contributed by atoms with Crippen LogP contribution in [0.2, 0.25) is 5.02 Å². The van der Waals surface area contributed by atoms with Crippen molar-refractivity contribution < 1.29 is 4.79 Å². The predicted molar refractivity (Wildman–Crippen MR) is 99.9 cm³/mol. The van der Waals surface area contributed by atoms with E-state index in [4.69, 9.17) is 11.6 Å². The number of hydrogen-bond donors (Lipinski definition) is 2. The van der Waals surface area contributed by atoms with Gasteiger partial charge in [-0.3, -0.25) is 14.8 Å². The van der Waals surface area contributed by atoms with Crippen LogP contribution in [0.4, 0.5) is 11.4 Å². The van der Waals surface area contributed by atoms with E-state index < -0.39 is 0 Å². The van der Waals surface area contributed by atoms with Crippen LogP contribution in [0, 0.1) is 6.92 Å². The quantitative estimate of drug-likeness (QED) is 0.718. The van der Waals surface area contributed by atoms with Crippen molar-refractivity contribution in [2.75, 3.05) is 10.6 Å². The number of pyridine rings is 2. The lowest BCUT2D eigenvalue weighted by molar-refractivity contribution is 0.102. The van der Waals surface area contributed by atoms with Gasteiger partial charge in [0.1, 0.15) is 5.69 Å². The van der Waals surface area contributed by atoms with Crippen molar-refractivity contribution in [3.63, 3.8) is 0 Å². The van der Waals surface area contributed by atoms with Gasteiger partial charge in [0, 0.05) is 41.5 Å². The lowest BCUT2D eigenvalue weighted by Gasteiger charge is -2.10. The van der Waals surface area contributed by atoms with E-state index in [1.54, 1.807) is 36.8 Å². The fourth-order valence-corrected chi connectivity index (χ4v) is 2.47. The van der Waals surface area contributed by atoms with Crippen molar-refractivity contribution in [1.82, 2.24) is 9.97 Å². The van der Waals surface area contributed by atoms with Gasteiger partial charge in [-0.15, -0.1) is 0 Å². The van der Waals surface area contributed by atoms with Gasteiger partial charge in [0.15, 0.2) is 0 Å². The molecular formula is C19H17ClN4O. The lowest BCUT2D eigenvalue weighted by Crippen LogP contribution is -2.15. The Hall–Kier alpha value is -2.92. The third-order valence-corrected chi connectivity index (χ3v) is 4.16. The van der Waals surface area contributed by atoms with Gasteiger partial charge >= 0.3 is 0 Å². The van der Waals surface area contributed by atoms with Gasteiger partial charge in [0.2, 0.25) is 0 Å². The van der Waals surface area contributed by atoms with E-state index in [2.05, 4.69) is 20.6 Å². The number of nitrogens with one attached hydrogen (secondary N) is 2. The summed E-state index contributed by atoms with van der Waals surface area (Å²) in [6.45, 7) is 2.50. The van der Waals surface area contributed by atoms with Crippen molar-refractivity contribution >= 4 is 28.9 Å². The maximum Gasteiger partial charge on any atom is 0.274 e. The van der Waals surface area contributed by atoms with Gasteiger partial charge in [-0.25, -0.2) is 0 Å². The largest absolute Gasteiger partial charge is 0.381 e. The number of benzene rings is 1. The second-order valence-electron chi connectivity index (χ2n) is 5.51. The maximum absolute atomic E-state index is 12.5. The molecule has 3 rings (SSSR count). The van der Waals surface area contributed by atoms with Gasteiger partial charge in [0.25, 0.3) is 5.91 Å². The number of hydrogen-bond acceptors (Lipinski definition) is 4. The molecule has 6 heteroatoms. The molecule has 0 atom stereocenters. The van der Waals surface area contributed by atoms with Crippen molar-refractivity contribution in [3.8, 4) is 0 Å². The highest BCUT2D eigenvalue weighted by Gasteiger charge is 2.11. The number of aromatic nitrogens is 2. The smallest absolute Gasteiger partial charge is 0.274 e. The summed E-state index contributed by atoms with van der Waals surface area (Å²) in [4.78, 5) is 20.6. The monoisotopic (exact) mass is 352 g/mol. The number of halogens is 1. The molecule has 2 aromatic heterocycles. The molecular weight excluding hydrogens is 336 g/mol. The molecule has 126 valence electrons. The number of nitrogens with zero attached hydrogens (tertiary/aromatic N) is 2. The highest BCUT2D eigenvalue weighted by atomic mass is 35.5. The van der Waals surface area contributed by atoms with Crippen LogP contribution < -0.4 is 10.6 Å². The number of carbonyl (C=O) groups is 1. The molecule has 25 heavy (non-hydrogen) atoms. The van der Waals surface area contributed by atoms with Gasteiger partial charge < -0.3 is 10.6 Å². The van der Waals surface area contributed by atoms with E-state index in [1.165, 1.54) is 0 Å². The molecule has 0 radical (unpaired) electrons. The summed E-state index contributed by atoms with van der Waals surface area (Å²) in [5.74, 6) is -0.280. The zero-order chi connectivity index (χ0) is 17.6. The number of amides is 1. The molecule has 0 aliphatic carbocycles. The van der Waals surface area contributed by atoms with Crippen LogP contribution in [0.25, 0.3) is 0 Å². The number of carbonyl (C=O) groups excluding carboxylic acids is 1. The Kier molecular flexibility index (Phi) is 5.26. The lowest BCUT2D eigenvalue weighted by atomic mass is 10.2. The van der Waals surface area contributed by atoms with Crippen molar-refractivity contribution in [2.45, 2.75) is 13.5 Å². The molecule has 0 saturated carbocycles.